The van der Waals surface area contributed by atoms with Crippen LogP contribution in [0.25, 0.3) is 4.85 Å². The van der Waals surface area contributed by atoms with Crippen molar-refractivity contribution in [1.29, 1.82) is 5.26 Å². The standard InChI is InChI=1S/C20H20N6O2S/c1-5-13-14(10-21)20(25-19(26(3)4)15(13)24-2)29-16(18(23)28)11-6-8-12(9-7-11)17(22)27/h6-9,16H,5H2,1,3-4H3,(H2,22,27)(H2,23,28). The van der Waals surface area contributed by atoms with Gasteiger partial charge in [-0.3, -0.25) is 9.59 Å². The van der Waals surface area contributed by atoms with Crippen LogP contribution in [-0.2, 0) is 11.2 Å². The molecule has 4 N–H and O–H groups in total. The highest BCUT2D eigenvalue weighted by molar-refractivity contribution is 8.00. The first-order valence-electron chi connectivity index (χ1n) is 8.62. The van der Waals surface area contributed by atoms with Gasteiger partial charge in [-0.2, -0.15) is 5.26 Å². The molecule has 0 aliphatic rings. The van der Waals surface area contributed by atoms with Crippen LogP contribution in [-0.4, -0.2) is 30.9 Å². The third-order valence-corrected chi connectivity index (χ3v) is 5.47. The van der Waals surface area contributed by atoms with Gasteiger partial charge in [-0.1, -0.05) is 30.8 Å². The lowest BCUT2D eigenvalue weighted by Gasteiger charge is -2.20. The van der Waals surface area contributed by atoms with Gasteiger partial charge in [0.05, 0.1) is 12.1 Å². The van der Waals surface area contributed by atoms with Crippen molar-refractivity contribution in [2.24, 2.45) is 11.5 Å². The summed E-state index contributed by atoms with van der Waals surface area (Å²) < 4.78 is 0. The Morgan fingerprint density at radius 2 is 1.93 bits per heavy atom. The van der Waals surface area contributed by atoms with Crippen molar-refractivity contribution >= 4 is 35.1 Å². The highest BCUT2D eigenvalue weighted by Gasteiger charge is 2.26. The van der Waals surface area contributed by atoms with Gasteiger partial charge >= 0.3 is 0 Å². The summed E-state index contributed by atoms with van der Waals surface area (Å²) in [6, 6.07) is 8.33. The minimum absolute atomic E-state index is 0.258. The number of carbonyl (C=O) groups excluding carboxylic acids is 2. The molecule has 2 rings (SSSR count). The van der Waals surface area contributed by atoms with Crippen molar-refractivity contribution in [3.63, 3.8) is 0 Å². The van der Waals surface area contributed by atoms with Gasteiger partial charge < -0.3 is 16.4 Å². The Morgan fingerprint density at radius 1 is 1.31 bits per heavy atom. The molecule has 1 aromatic heterocycles. The summed E-state index contributed by atoms with van der Waals surface area (Å²) >= 11 is 1.04. The van der Waals surface area contributed by atoms with E-state index in [9.17, 15) is 14.9 Å². The normalized spacial score (nSPS) is 11.2. The van der Waals surface area contributed by atoms with Crippen molar-refractivity contribution < 1.29 is 9.59 Å². The third kappa shape index (κ3) is 4.48. The van der Waals surface area contributed by atoms with Crippen molar-refractivity contribution in [1.82, 2.24) is 4.98 Å². The first-order valence-corrected chi connectivity index (χ1v) is 9.50. The molecule has 0 radical (unpaired) electrons. The summed E-state index contributed by atoms with van der Waals surface area (Å²) in [7, 11) is 3.51. The number of hydrogen-bond acceptors (Lipinski definition) is 6. The molecule has 0 saturated carbocycles. The molecule has 0 aliphatic carbocycles. The molecule has 2 amide bonds. The van der Waals surface area contributed by atoms with Gasteiger partial charge in [0.25, 0.3) is 0 Å². The summed E-state index contributed by atoms with van der Waals surface area (Å²) in [4.78, 5) is 33.2. The number of pyridine rings is 1. The number of nitrogens with two attached hydrogens (primary N) is 2. The molecule has 0 aliphatic heterocycles. The smallest absolute Gasteiger partial charge is 0.248 e. The third-order valence-electron chi connectivity index (χ3n) is 4.21. The van der Waals surface area contributed by atoms with Crippen LogP contribution in [0.1, 0.15) is 39.2 Å². The minimum Gasteiger partial charge on any atom is -0.371 e. The zero-order valence-corrected chi connectivity index (χ0v) is 17.1. The van der Waals surface area contributed by atoms with Crippen LogP contribution >= 0.6 is 11.8 Å². The molecule has 1 atom stereocenters. The van der Waals surface area contributed by atoms with Gasteiger partial charge in [-0.25, -0.2) is 9.83 Å². The zero-order chi connectivity index (χ0) is 21.7. The maximum absolute atomic E-state index is 12.2. The molecule has 148 valence electrons. The molecule has 0 fully saturated rings. The summed E-state index contributed by atoms with van der Waals surface area (Å²) in [5.41, 5.74) is 12.9. The second-order valence-electron chi connectivity index (χ2n) is 6.30. The van der Waals surface area contributed by atoms with E-state index in [4.69, 9.17) is 18.0 Å². The Hall–Kier alpha value is -3.56. The first-order chi connectivity index (χ1) is 13.7. The van der Waals surface area contributed by atoms with Gasteiger partial charge in [0.1, 0.15) is 22.2 Å². The molecule has 1 unspecified atom stereocenters. The lowest BCUT2D eigenvalue weighted by atomic mass is 10.1. The van der Waals surface area contributed by atoms with Crippen LogP contribution in [0.5, 0.6) is 0 Å². The maximum Gasteiger partial charge on any atom is 0.248 e. The van der Waals surface area contributed by atoms with Crippen molar-refractivity contribution in [3.8, 4) is 6.07 Å². The van der Waals surface area contributed by atoms with Crippen molar-refractivity contribution in [2.45, 2.75) is 23.6 Å². The van der Waals surface area contributed by atoms with Crippen LogP contribution in [0, 0.1) is 17.9 Å². The van der Waals surface area contributed by atoms with Crippen LogP contribution in [0.2, 0.25) is 0 Å². The molecule has 2 aromatic rings. The number of anilines is 1. The monoisotopic (exact) mass is 408 g/mol. The highest BCUT2D eigenvalue weighted by Crippen LogP contribution is 2.42. The fourth-order valence-corrected chi connectivity index (χ4v) is 3.84. The second kappa shape index (κ2) is 9.09. The molecule has 8 nitrogen and oxygen atoms in total. The average molecular weight is 408 g/mol. The molecule has 0 bridgehead atoms. The SMILES string of the molecule is [C-]#[N+]c1c(N(C)C)nc(SC(C(N)=O)c2ccc(C(N)=O)cc2)c(C#N)c1CC. The van der Waals surface area contributed by atoms with E-state index in [1.165, 1.54) is 12.1 Å². The van der Waals surface area contributed by atoms with E-state index in [2.05, 4.69) is 15.9 Å². The molecule has 1 heterocycles. The number of rotatable bonds is 7. The highest BCUT2D eigenvalue weighted by atomic mass is 32.2. The lowest BCUT2D eigenvalue weighted by Crippen LogP contribution is -2.20. The molecular weight excluding hydrogens is 388 g/mol. The van der Waals surface area contributed by atoms with Gasteiger partial charge in [-0.15, -0.1) is 0 Å². The van der Waals surface area contributed by atoms with E-state index in [1.807, 2.05) is 6.92 Å². The predicted octanol–water partition coefficient (Wildman–Crippen LogP) is 2.55. The number of nitriles is 1. The van der Waals surface area contributed by atoms with Gasteiger partial charge in [0.15, 0.2) is 0 Å². The number of nitrogens with zero attached hydrogens (tertiary/aromatic N) is 4. The van der Waals surface area contributed by atoms with Crippen molar-refractivity contribution in [2.75, 3.05) is 19.0 Å². The molecule has 0 saturated heterocycles. The van der Waals surface area contributed by atoms with Crippen molar-refractivity contribution in [3.05, 3.63) is 57.9 Å². The topological polar surface area (TPSA) is 130 Å². The summed E-state index contributed by atoms with van der Waals surface area (Å²) in [5.74, 6) is -0.775. The summed E-state index contributed by atoms with van der Waals surface area (Å²) in [6.45, 7) is 9.35. The van der Waals surface area contributed by atoms with E-state index in [0.29, 0.717) is 39.6 Å². The van der Waals surface area contributed by atoms with Crippen LogP contribution in [0.15, 0.2) is 29.3 Å². The molecule has 1 aromatic carbocycles. The Labute approximate surface area is 173 Å². The van der Waals surface area contributed by atoms with Gasteiger partial charge in [0.2, 0.25) is 17.5 Å². The fourth-order valence-electron chi connectivity index (χ4n) is 2.79. The van der Waals surface area contributed by atoms with Gasteiger partial charge in [-0.05, 0) is 29.7 Å². The number of aromatic nitrogens is 1. The number of primary amides is 2. The summed E-state index contributed by atoms with van der Waals surface area (Å²) in [6.07, 6.45) is 0.464. The van der Waals surface area contributed by atoms with Gasteiger partial charge in [0, 0.05) is 19.7 Å². The van der Waals surface area contributed by atoms with E-state index in [1.54, 1.807) is 31.1 Å². The Balaban J connectivity index is 2.61. The first kappa shape index (κ1) is 21.7. The van der Waals surface area contributed by atoms with Crippen LogP contribution in [0.3, 0.4) is 0 Å². The Kier molecular flexibility index (Phi) is 6.81. The van der Waals surface area contributed by atoms with E-state index < -0.39 is 17.1 Å². The number of benzene rings is 1. The predicted molar refractivity (Wildman–Crippen MR) is 112 cm³/mol. The Morgan fingerprint density at radius 3 is 2.34 bits per heavy atom. The second-order valence-corrected chi connectivity index (χ2v) is 7.39. The molecule has 9 heteroatoms. The van der Waals surface area contributed by atoms with E-state index >= 15 is 0 Å². The Bertz CT molecular complexity index is 1030. The number of amides is 2. The number of thioether (sulfide) groups is 1. The molecule has 0 spiro atoms. The fraction of sp³-hybridized carbons (Fsp3) is 0.250. The lowest BCUT2D eigenvalue weighted by molar-refractivity contribution is -0.117. The van der Waals surface area contributed by atoms with Crippen LogP contribution in [0.4, 0.5) is 11.5 Å². The average Bonchev–Trinajstić information content (AvgIpc) is 2.70. The molecular formula is C20H20N6O2S. The minimum atomic E-state index is -0.838. The molecule has 29 heavy (non-hydrogen) atoms. The van der Waals surface area contributed by atoms with E-state index in [0.717, 1.165) is 11.8 Å². The zero-order valence-electron chi connectivity index (χ0n) is 16.3. The largest absolute Gasteiger partial charge is 0.371 e. The summed E-state index contributed by atoms with van der Waals surface area (Å²) in [5, 5.41) is 9.20. The van der Waals surface area contributed by atoms with E-state index in [-0.39, 0.29) is 5.56 Å². The maximum atomic E-state index is 12.2. The number of hydrogen-bond donors (Lipinski definition) is 2. The quantitative estimate of drug-likeness (QED) is 0.535. The number of carbonyl (C=O) groups is 2. The van der Waals surface area contributed by atoms with Crippen LogP contribution < -0.4 is 16.4 Å².